The Morgan fingerprint density at radius 3 is 1.56 bits per heavy atom. The smallest absolute Gasteiger partial charge is 0.119 e. The first kappa shape index (κ1) is 21.2. The lowest BCUT2D eigenvalue weighted by molar-refractivity contribution is 0.0161. The molecule has 2 aromatic carbocycles. The van der Waals surface area contributed by atoms with Crippen LogP contribution in [0.15, 0.2) is 60.7 Å². The maximum atomic E-state index is 10.4. The van der Waals surface area contributed by atoms with Crippen molar-refractivity contribution in [2.45, 2.75) is 38.5 Å². The molecular weight excluding hydrogens is 342 g/mol. The van der Waals surface area contributed by atoms with Crippen LogP contribution in [0.4, 0.5) is 0 Å². The van der Waals surface area contributed by atoms with Crippen molar-refractivity contribution in [3.05, 3.63) is 60.7 Å². The average molecular weight is 373 g/mol. The third kappa shape index (κ3) is 7.99. The maximum Gasteiger partial charge on any atom is 0.119 e. The van der Waals surface area contributed by atoms with Crippen molar-refractivity contribution in [1.29, 1.82) is 0 Å². The van der Waals surface area contributed by atoms with E-state index in [0.717, 1.165) is 17.9 Å². The molecule has 0 aliphatic rings. The van der Waals surface area contributed by atoms with Crippen LogP contribution in [-0.2, 0) is 0 Å². The Labute approximate surface area is 162 Å². The zero-order chi connectivity index (χ0) is 19.5. The van der Waals surface area contributed by atoms with E-state index in [1.54, 1.807) is 0 Å². The quantitative estimate of drug-likeness (QED) is 0.599. The highest BCUT2D eigenvalue weighted by Crippen LogP contribution is 2.12. The van der Waals surface area contributed by atoms with Crippen molar-refractivity contribution >= 4 is 0 Å². The average Bonchev–Trinajstić information content (AvgIpc) is 2.71. The van der Waals surface area contributed by atoms with Gasteiger partial charge in [-0.25, -0.2) is 0 Å². The number of nitrogens with zero attached hydrogens (tertiary/aromatic N) is 1. The molecule has 0 heterocycles. The molecule has 0 radical (unpaired) electrons. The number of rotatable bonds is 12. The summed E-state index contributed by atoms with van der Waals surface area (Å²) < 4.78 is 11.3. The van der Waals surface area contributed by atoms with Gasteiger partial charge in [-0.3, -0.25) is 4.90 Å². The van der Waals surface area contributed by atoms with Gasteiger partial charge in [0.1, 0.15) is 36.9 Å². The molecule has 27 heavy (non-hydrogen) atoms. The summed E-state index contributed by atoms with van der Waals surface area (Å²) in [7, 11) is 0. The predicted octanol–water partition coefficient (Wildman–Crippen LogP) is 2.97. The van der Waals surface area contributed by atoms with Crippen molar-refractivity contribution in [1.82, 2.24) is 4.90 Å². The summed E-state index contributed by atoms with van der Waals surface area (Å²) >= 11 is 0. The summed E-state index contributed by atoms with van der Waals surface area (Å²) in [4.78, 5) is 2.08. The number of aliphatic hydroxyl groups excluding tert-OH is 2. The number of aliphatic hydroxyl groups is 2. The molecule has 0 fully saturated rings. The van der Waals surface area contributed by atoms with Gasteiger partial charge in [-0.1, -0.05) is 43.3 Å². The Balaban J connectivity index is 1.80. The molecule has 0 saturated carbocycles. The van der Waals surface area contributed by atoms with Crippen LogP contribution < -0.4 is 9.47 Å². The second-order valence-electron chi connectivity index (χ2n) is 6.77. The van der Waals surface area contributed by atoms with E-state index in [9.17, 15) is 10.2 Å². The zero-order valence-corrected chi connectivity index (χ0v) is 16.2. The number of para-hydroxylation sites is 2. The first-order chi connectivity index (χ1) is 13.1. The van der Waals surface area contributed by atoms with Gasteiger partial charge in [0, 0.05) is 19.1 Å². The lowest BCUT2D eigenvalue weighted by Crippen LogP contribution is -2.45. The van der Waals surface area contributed by atoms with Crippen LogP contribution in [0.5, 0.6) is 11.5 Å². The molecule has 0 amide bonds. The van der Waals surface area contributed by atoms with E-state index in [-0.39, 0.29) is 19.3 Å². The normalized spacial score (nSPS) is 14.6. The fraction of sp³-hybridized carbons (Fsp3) is 0.455. The van der Waals surface area contributed by atoms with Crippen molar-refractivity contribution in [2.75, 3.05) is 26.3 Å². The van der Waals surface area contributed by atoms with Gasteiger partial charge in [0.25, 0.3) is 0 Å². The number of benzene rings is 2. The summed E-state index contributed by atoms with van der Waals surface area (Å²) in [6.07, 6.45) is -0.346. The molecule has 3 atom stereocenters. The summed E-state index contributed by atoms with van der Waals surface area (Å²) in [6, 6.07) is 19.1. The van der Waals surface area contributed by atoms with Gasteiger partial charge >= 0.3 is 0 Å². The molecule has 2 rings (SSSR count). The van der Waals surface area contributed by atoms with E-state index in [4.69, 9.17) is 9.47 Å². The van der Waals surface area contributed by atoms with Crippen LogP contribution in [-0.4, -0.2) is 59.7 Å². The Bertz CT molecular complexity index is 571. The number of hydrogen-bond donors (Lipinski definition) is 2. The van der Waals surface area contributed by atoms with Crippen molar-refractivity contribution < 1.29 is 19.7 Å². The molecule has 0 bridgehead atoms. The molecule has 148 valence electrons. The molecule has 0 aromatic heterocycles. The molecule has 0 saturated heterocycles. The molecule has 0 aliphatic heterocycles. The largest absolute Gasteiger partial charge is 0.491 e. The highest BCUT2D eigenvalue weighted by molar-refractivity contribution is 5.21. The third-order valence-corrected chi connectivity index (χ3v) is 4.48. The van der Waals surface area contributed by atoms with Crippen LogP contribution >= 0.6 is 0 Å². The maximum absolute atomic E-state index is 10.4. The third-order valence-electron chi connectivity index (χ3n) is 4.48. The van der Waals surface area contributed by atoms with Gasteiger partial charge in [-0.05, 0) is 37.6 Å². The van der Waals surface area contributed by atoms with E-state index >= 15 is 0 Å². The minimum absolute atomic E-state index is 0.216. The molecule has 5 heteroatoms. The van der Waals surface area contributed by atoms with Gasteiger partial charge in [0.2, 0.25) is 0 Å². The van der Waals surface area contributed by atoms with Gasteiger partial charge in [-0.2, -0.15) is 0 Å². The van der Waals surface area contributed by atoms with Crippen LogP contribution in [0.1, 0.15) is 20.3 Å². The van der Waals surface area contributed by atoms with Crippen LogP contribution in [0.25, 0.3) is 0 Å². The standard InChI is InChI=1S/C22H31NO4/c1-3-18(2)23(14-19(24)16-26-21-10-6-4-7-11-21)15-20(25)17-27-22-12-8-5-9-13-22/h4-13,18-20,24-25H,3,14-17H2,1-2H3. The van der Waals surface area contributed by atoms with Gasteiger partial charge in [0.05, 0.1) is 0 Å². The Morgan fingerprint density at radius 2 is 1.19 bits per heavy atom. The molecule has 0 spiro atoms. The predicted molar refractivity (Wildman–Crippen MR) is 107 cm³/mol. The zero-order valence-electron chi connectivity index (χ0n) is 16.2. The van der Waals surface area contributed by atoms with Crippen LogP contribution in [0.2, 0.25) is 0 Å². The Kier molecular flexibility index (Phi) is 9.11. The second-order valence-corrected chi connectivity index (χ2v) is 6.77. The summed E-state index contributed by atoms with van der Waals surface area (Å²) in [5.41, 5.74) is 0. The van der Waals surface area contributed by atoms with Crippen molar-refractivity contribution in [3.63, 3.8) is 0 Å². The molecule has 3 unspecified atom stereocenters. The van der Waals surface area contributed by atoms with E-state index in [2.05, 4.69) is 18.7 Å². The lowest BCUT2D eigenvalue weighted by Gasteiger charge is -2.32. The van der Waals surface area contributed by atoms with E-state index in [0.29, 0.717) is 13.1 Å². The van der Waals surface area contributed by atoms with Crippen LogP contribution in [0.3, 0.4) is 0 Å². The minimum Gasteiger partial charge on any atom is -0.491 e. The monoisotopic (exact) mass is 373 g/mol. The lowest BCUT2D eigenvalue weighted by atomic mass is 10.1. The van der Waals surface area contributed by atoms with Gasteiger partial charge in [-0.15, -0.1) is 0 Å². The molecule has 5 nitrogen and oxygen atoms in total. The summed E-state index contributed by atoms with van der Waals surface area (Å²) in [5, 5.41) is 20.7. The Hall–Kier alpha value is -2.08. The van der Waals surface area contributed by atoms with Gasteiger partial charge in [0.15, 0.2) is 0 Å². The number of ether oxygens (including phenoxy) is 2. The highest BCUT2D eigenvalue weighted by Gasteiger charge is 2.20. The number of hydrogen-bond acceptors (Lipinski definition) is 5. The van der Waals surface area contributed by atoms with Gasteiger partial charge < -0.3 is 19.7 Å². The van der Waals surface area contributed by atoms with E-state index in [1.165, 1.54) is 0 Å². The van der Waals surface area contributed by atoms with Crippen molar-refractivity contribution in [3.8, 4) is 11.5 Å². The summed E-state index contributed by atoms with van der Waals surface area (Å²) in [5.74, 6) is 1.48. The van der Waals surface area contributed by atoms with E-state index < -0.39 is 12.2 Å². The topological polar surface area (TPSA) is 62.2 Å². The summed E-state index contributed by atoms with van der Waals surface area (Å²) in [6.45, 7) is 5.49. The molecule has 2 N–H and O–H groups in total. The first-order valence-electron chi connectivity index (χ1n) is 9.54. The second kappa shape index (κ2) is 11.6. The fourth-order valence-electron chi connectivity index (χ4n) is 2.76. The SMILES string of the molecule is CCC(C)N(CC(O)COc1ccccc1)CC(O)COc1ccccc1. The fourth-order valence-corrected chi connectivity index (χ4v) is 2.76. The minimum atomic E-state index is -0.638. The molecule has 0 aliphatic carbocycles. The molecule has 2 aromatic rings. The van der Waals surface area contributed by atoms with E-state index in [1.807, 2.05) is 60.7 Å². The molecular formula is C22H31NO4. The Morgan fingerprint density at radius 1 is 0.778 bits per heavy atom. The van der Waals surface area contributed by atoms with Crippen molar-refractivity contribution in [2.24, 2.45) is 0 Å². The highest BCUT2D eigenvalue weighted by atomic mass is 16.5. The first-order valence-corrected chi connectivity index (χ1v) is 9.54. The van der Waals surface area contributed by atoms with Crippen LogP contribution in [0, 0.1) is 0 Å².